The Labute approximate surface area is 145 Å². The molecule has 0 amide bonds. The predicted molar refractivity (Wildman–Crippen MR) is 98.6 cm³/mol. The monoisotopic (exact) mass is 405 g/mol. The number of hydrogen-bond donors (Lipinski definition) is 1. The van der Waals surface area contributed by atoms with E-state index in [9.17, 15) is 0 Å². The summed E-state index contributed by atoms with van der Waals surface area (Å²) in [4.78, 5) is 6.56. The molecule has 120 valence electrons. The molecule has 6 heteroatoms. The molecule has 0 saturated carbocycles. The highest BCUT2D eigenvalue weighted by atomic mass is 127. The highest BCUT2D eigenvalue weighted by Crippen LogP contribution is 2.21. The summed E-state index contributed by atoms with van der Waals surface area (Å²) in [6.07, 6.45) is 5.45. The summed E-state index contributed by atoms with van der Waals surface area (Å²) in [5.74, 6) is 0.976. The number of nitrogens with zero attached hydrogens (tertiary/aromatic N) is 4. The number of rotatable bonds is 3. The van der Waals surface area contributed by atoms with Crippen LogP contribution in [0, 0.1) is 0 Å². The Morgan fingerprint density at radius 3 is 2.81 bits per heavy atom. The van der Waals surface area contributed by atoms with Crippen LogP contribution in [-0.2, 0) is 12.8 Å². The Morgan fingerprint density at radius 1 is 1.52 bits per heavy atom. The number of aryl methyl sites for hydroxylation is 1. The third kappa shape index (κ3) is 4.59. The van der Waals surface area contributed by atoms with Crippen molar-refractivity contribution in [1.82, 2.24) is 20.0 Å². The third-order valence-corrected chi connectivity index (χ3v) is 3.69. The van der Waals surface area contributed by atoms with Crippen LogP contribution in [0.15, 0.2) is 11.2 Å². The fraction of sp³-hybridized carbons (Fsp3) is 0.733. The molecule has 2 rings (SSSR count). The van der Waals surface area contributed by atoms with Crippen molar-refractivity contribution in [3.05, 3.63) is 17.5 Å². The molecule has 0 bridgehead atoms. The molecule has 0 fully saturated rings. The van der Waals surface area contributed by atoms with Gasteiger partial charge in [-0.1, -0.05) is 0 Å². The molecule has 1 unspecified atom stereocenters. The minimum atomic E-state index is 0. The predicted octanol–water partition coefficient (Wildman–Crippen LogP) is 2.47. The third-order valence-electron chi connectivity index (χ3n) is 3.69. The summed E-state index contributed by atoms with van der Waals surface area (Å²) in [6.45, 7) is 7.22. The van der Waals surface area contributed by atoms with Gasteiger partial charge in [0.2, 0.25) is 0 Å². The van der Waals surface area contributed by atoms with Crippen LogP contribution < -0.4 is 5.32 Å². The van der Waals surface area contributed by atoms with Gasteiger partial charge in [-0.2, -0.15) is 5.10 Å². The van der Waals surface area contributed by atoms with E-state index < -0.39 is 0 Å². The van der Waals surface area contributed by atoms with Crippen molar-refractivity contribution in [2.24, 2.45) is 4.99 Å². The Kier molecular flexibility index (Phi) is 6.96. The number of hydrogen-bond acceptors (Lipinski definition) is 2. The fourth-order valence-electron chi connectivity index (χ4n) is 2.55. The van der Waals surface area contributed by atoms with Gasteiger partial charge in [0, 0.05) is 45.3 Å². The SMILES string of the molecule is CCN=C(NC1CCc2cn(C(C)C)nc2C1)N(C)C.I. The van der Waals surface area contributed by atoms with Crippen LogP contribution in [0.4, 0.5) is 0 Å². The molecular weight excluding hydrogens is 377 g/mol. The van der Waals surface area contributed by atoms with Crippen molar-refractivity contribution in [3.63, 3.8) is 0 Å². The Bertz CT molecular complexity index is 478. The van der Waals surface area contributed by atoms with Crippen molar-refractivity contribution in [2.75, 3.05) is 20.6 Å². The van der Waals surface area contributed by atoms with Gasteiger partial charge in [-0.3, -0.25) is 9.67 Å². The first-order valence-electron chi connectivity index (χ1n) is 7.56. The van der Waals surface area contributed by atoms with E-state index in [4.69, 9.17) is 5.10 Å². The summed E-state index contributed by atoms with van der Waals surface area (Å²) in [5.41, 5.74) is 2.66. The molecule has 0 aromatic carbocycles. The molecule has 5 nitrogen and oxygen atoms in total. The smallest absolute Gasteiger partial charge is 0.193 e. The van der Waals surface area contributed by atoms with Crippen LogP contribution in [0.2, 0.25) is 0 Å². The minimum absolute atomic E-state index is 0. The van der Waals surface area contributed by atoms with E-state index in [0.29, 0.717) is 12.1 Å². The quantitative estimate of drug-likeness (QED) is 0.478. The van der Waals surface area contributed by atoms with E-state index in [0.717, 1.165) is 31.8 Å². The van der Waals surface area contributed by atoms with Gasteiger partial charge in [-0.15, -0.1) is 24.0 Å². The largest absolute Gasteiger partial charge is 0.353 e. The van der Waals surface area contributed by atoms with Crippen molar-refractivity contribution < 1.29 is 0 Å². The average Bonchev–Trinajstić information content (AvgIpc) is 2.81. The van der Waals surface area contributed by atoms with Gasteiger partial charge in [0.05, 0.1) is 5.69 Å². The zero-order valence-corrected chi connectivity index (χ0v) is 16.1. The molecule has 1 aliphatic rings. The van der Waals surface area contributed by atoms with Crippen molar-refractivity contribution in [3.8, 4) is 0 Å². The lowest BCUT2D eigenvalue weighted by Gasteiger charge is -2.27. The van der Waals surface area contributed by atoms with E-state index in [-0.39, 0.29) is 24.0 Å². The summed E-state index contributed by atoms with van der Waals surface area (Å²) in [5, 5.41) is 8.28. The maximum Gasteiger partial charge on any atom is 0.193 e. The molecule has 1 N–H and O–H groups in total. The summed E-state index contributed by atoms with van der Waals surface area (Å²) >= 11 is 0. The second-order valence-corrected chi connectivity index (χ2v) is 5.95. The zero-order chi connectivity index (χ0) is 14.7. The zero-order valence-electron chi connectivity index (χ0n) is 13.8. The topological polar surface area (TPSA) is 45.5 Å². The number of guanidine groups is 1. The van der Waals surface area contributed by atoms with Crippen molar-refractivity contribution >= 4 is 29.9 Å². The van der Waals surface area contributed by atoms with Crippen LogP contribution in [0.1, 0.15) is 44.5 Å². The van der Waals surface area contributed by atoms with Gasteiger partial charge in [0.1, 0.15) is 0 Å². The fourth-order valence-corrected chi connectivity index (χ4v) is 2.55. The van der Waals surface area contributed by atoms with Crippen molar-refractivity contribution in [1.29, 1.82) is 0 Å². The Hall–Kier alpha value is -0.790. The summed E-state index contributed by atoms with van der Waals surface area (Å²) in [6, 6.07) is 0.872. The molecule has 1 aromatic heterocycles. The van der Waals surface area contributed by atoms with E-state index in [1.807, 2.05) is 19.0 Å². The van der Waals surface area contributed by atoms with Crippen LogP contribution in [0.3, 0.4) is 0 Å². The summed E-state index contributed by atoms with van der Waals surface area (Å²) in [7, 11) is 4.06. The molecule has 0 aliphatic heterocycles. The molecule has 1 atom stereocenters. The van der Waals surface area contributed by atoms with E-state index in [1.165, 1.54) is 11.3 Å². The van der Waals surface area contributed by atoms with Gasteiger partial charge in [-0.05, 0) is 39.2 Å². The number of aromatic nitrogens is 2. The van der Waals surface area contributed by atoms with E-state index in [2.05, 4.69) is 42.0 Å². The van der Waals surface area contributed by atoms with E-state index >= 15 is 0 Å². The molecule has 1 aliphatic carbocycles. The first-order valence-corrected chi connectivity index (χ1v) is 7.56. The molecular formula is C15H28IN5. The summed E-state index contributed by atoms with van der Waals surface area (Å²) < 4.78 is 2.08. The number of aliphatic imine (C=N–C) groups is 1. The second-order valence-electron chi connectivity index (χ2n) is 5.95. The highest BCUT2D eigenvalue weighted by molar-refractivity contribution is 14.0. The molecule has 0 saturated heterocycles. The van der Waals surface area contributed by atoms with Gasteiger partial charge in [0.15, 0.2) is 5.96 Å². The maximum atomic E-state index is 4.72. The first kappa shape index (κ1) is 18.3. The average molecular weight is 405 g/mol. The van der Waals surface area contributed by atoms with Crippen LogP contribution in [0.25, 0.3) is 0 Å². The molecule has 21 heavy (non-hydrogen) atoms. The van der Waals surface area contributed by atoms with Gasteiger partial charge >= 0.3 is 0 Å². The molecule has 1 heterocycles. The number of nitrogens with one attached hydrogen (secondary N) is 1. The maximum absolute atomic E-state index is 4.72. The lowest BCUT2D eigenvalue weighted by Crippen LogP contribution is -2.45. The lowest BCUT2D eigenvalue weighted by molar-refractivity contribution is 0.477. The second kappa shape index (κ2) is 8.00. The molecule has 0 radical (unpaired) electrons. The standard InChI is InChI=1S/C15H27N5.HI/c1-6-16-15(19(4)5)17-13-8-7-12-10-20(11(2)3)18-14(12)9-13;/h10-11,13H,6-9H2,1-5H3,(H,16,17);1H. The van der Waals surface area contributed by atoms with Crippen LogP contribution in [0.5, 0.6) is 0 Å². The number of halogens is 1. The molecule has 0 spiro atoms. The normalized spacial score (nSPS) is 18.2. The van der Waals surface area contributed by atoms with Crippen molar-refractivity contribution in [2.45, 2.75) is 52.1 Å². The van der Waals surface area contributed by atoms with Gasteiger partial charge < -0.3 is 10.2 Å². The van der Waals surface area contributed by atoms with Crippen LogP contribution >= 0.6 is 24.0 Å². The highest BCUT2D eigenvalue weighted by Gasteiger charge is 2.23. The lowest BCUT2D eigenvalue weighted by atomic mass is 9.94. The van der Waals surface area contributed by atoms with Gasteiger partial charge in [-0.25, -0.2) is 0 Å². The number of fused-ring (bicyclic) bond motifs is 1. The van der Waals surface area contributed by atoms with Gasteiger partial charge in [0.25, 0.3) is 0 Å². The minimum Gasteiger partial charge on any atom is -0.353 e. The molecule has 1 aromatic rings. The van der Waals surface area contributed by atoms with E-state index in [1.54, 1.807) is 0 Å². The Balaban J connectivity index is 0.00000220. The first-order chi connectivity index (χ1) is 9.51. The Morgan fingerprint density at radius 2 is 2.24 bits per heavy atom. The van der Waals surface area contributed by atoms with Crippen LogP contribution in [-0.4, -0.2) is 47.3 Å².